The zero-order valence-electron chi connectivity index (χ0n) is 13.0. The molecule has 3 nitrogen and oxygen atoms in total. The van der Waals surface area contributed by atoms with Crippen LogP contribution in [0.5, 0.6) is 0 Å². The topological polar surface area (TPSA) is 30.2 Å². The third kappa shape index (κ3) is 2.57. The van der Waals surface area contributed by atoms with Crippen LogP contribution in [-0.4, -0.2) is 20.9 Å². The molecular weight excluding hydrogens is 321 g/mol. The lowest BCUT2D eigenvalue weighted by atomic mass is 10.0. The molecule has 1 aromatic carbocycles. The number of nitrogens with zero attached hydrogens (tertiary/aromatic N) is 3. The molecule has 0 fully saturated rings. The van der Waals surface area contributed by atoms with Crippen molar-refractivity contribution in [2.75, 3.05) is 6.26 Å². The van der Waals surface area contributed by atoms with Gasteiger partial charge >= 0.3 is 0 Å². The highest BCUT2D eigenvalue weighted by molar-refractivity contribution is 7.98. The van der Waals surface area contributed by atoms with E-state index in [9.17, 15) is 4.39 Å². The lowest BCUT2D eigenvalue weighted by Gasteiger charge is -2.04. The Morgan fingerprint density at radius 2 is 1.79 bits per heavy atom. The first-order chi connectivity index (χ1) is 11.8. The number of thioether (sulfide) groups is 1. The second-order valence-corrected chi connectivity index (χ2v) is 6.15. The van der Waals surface area contributed by atoms with E-state index >= 15 is 0 Å². The average molecular weight is 335 g/mol. The summed E-state index contributed by atoms with van der Waals surface area (Å²) >= 11 is 1.59. The zero-order chi connectivity index (χ0) is 16.5. The summed E-state index contributed by atoms with van der Waals surface area (Å²) in [6.45, 7) is 0. The first-order valence-electron chi connectivity index (χ1n) is 7.51. The van der Waals surface area contributed by atoms with Crippen molar-refractivity contribution < 1.29 is 4.39 Å². The van der Waals surface area contributed by atoms with Crippen LogP contribution < -0.4 is 0 Å². The first-order valence-corrected chi connectivity index (χ1v) is 8.73. The minimum absolute atomic E-state index is 0.251. The Hall–Kier alpha value is -2.66. The molecule has 0 atom stereocenters. The van der Waals surface area contributed by atoms with Gasteiger partial charge in [0, 0.05) is 11.8 Å². The summed E-state index contributed by atoms with van der Waals surface area (Å²) < 4.78 is 15.2. The molecule has 0 N–H and O–H groups in total. The normalized spacial score (nSPS) is 11.1. The third-order valence-corrected chi connectivity index (χ3v) is 4.49. The Morgan fingerprint density at radius 1 is 0.958 bits per heavy atom. The number of rotatable bonds is 3. The van der Waals surface area contributed by atoms with Gasteiger partial charge < -0.3 is 0 Å². The van der Waals surface area contributed by atoms with E-state index in [1.54, 1.807) is 23.9 Å². The molecule has 0 aliphatic rings. The van der Waals surface area contributed by atoms with Crippen molar-refractivity contribution in [2.45, 2.75) is 5.03 Å². The van der Waals surface area contributed by atoms with Crippen LogP contribution >= 0.6 is 11.8 Å². The standard InChI is InChI=1S/C19H14FN3S/c1-24-17-7-4-5-15(21-17)19-18(13-8-10-14(20)11-9-13)16-6-2-3-12-23(16)22-19/h2-12H,1H3. The molecule has 4 rings (SSSR count). The monoisotopic (exact) mass is 335 g/mol. The fourth-order valence-corrected chi connectivity index (χ4v) is 3.14. The van der Waals surface area contributed by atoms with Crippen LogP contribution in [-0.2, 0) is 0 Å². The predicted molar refractivity (Wildman–Crippen MR) is 95.6 cm³/mol. The van der Waals surface area contributed by atoms with Crippen molar-refractivity contribution in [3.8, 4) is 22.5 Å². The minimum atomic E-state index is -0.251. The van der Waals surface area contributed by atoms with Crippen molar-refractivity contribution in [1.82, 2.24) is 14.6 Å². The van der Waals surface area contributed by atoms with E-state index in [4.69, 9.17) is 5.10 Å². The van der Waals surface area contributed by atoms with Crippen molar-refractivity contribution in [3.05, 3.63) is 72.7 Å². The van der Waals surface area contributed by atoms with Crippen LogP contribution in [0, 0.1) is 5.82 Å². The number of benzene rings is 1. The molecule has 0 aliphatic heterocycles. The van der Waals surface area contributed by atoms with Crippen LogP contribution in [0.15, 0.2) is 71.9 Å². The highest BCUT2D eigenvalue weighted by atomic mass is 32.2. The maximum atomic E-state index is 13.3. The molecule has 118 valence electrons. The van der Waals surface area contributed by atoms with E-state index in [1.807, 2.05) is 53.4 Å². The molecule has 0 unspecified atom stereocenters. The summed E-state index contributed by atoms with van der Waals surface area (Å²) in [5.74, 6) is -0.251. The molecule has 0 spiro atoms. The SMILES string of the molecule is CSc1cccc(-c2nn3ccccc3c2-c2ccc(F)cc2)n1. The molecule has 0 aliphatic carbocycles. The quantitative estimate of drug-likeness (QED) is 0.498. The van der Waals surface area contributed by atoms with Crippen LogP contribution in [0.4, 0.5) is 4.39 Å². The summed E-state index contributed by atoms with van der Waals surface area (Å²) in [4.78, 5) is 4.67. The highest BCUT2D eigenvalue weighted by Crippen LogP contribution is 2.34. The Balaban J connectivity index is 2.01. The first kappa shape index (κ1) is 14.9. The molecular formula is C19H14FN3S. The smallest absolute Gasteiger partial charge is 0.123 e. The summed E-state index contributed by atoms with van der Waals surface area (Å²) in [6.07, 6.45) is 3.90. The summed E-state index contributed by atoms with van der Waals surface area (Å²) in [6, 6.07) is 18.3. The number of halogens is 1. The van der Waals surface area contributed by atoms with Crippen molar-refractivity contribution in [2.24, 2.45) is 0 Å². The maximum Gasteiger partial charge on any atom is 0.123 e. The van der Waals surface area contributed by atoms with Gasteiger partial charge in [0.2, 0.25) is 0 Å². The van der Waals surface area contributed by atoms with E-state index in [-0.39, 0.29) is 5.82 Å². The molecule has 4 aromatic rings. The molecule has 5 heteroatoms. The van der Waals surface area contributed by atoms with Gasteiger partial charge in [0.15, 0.2) is 0 Å². The van der Waals surface area contributed by atoms with Gasteiger partial charge in [-0.2, -0.15) is 5.10 Å². The van der Waals surface area contributed by atoms with E-state index in [0.717, 1.165) is 33.1 Å². The van der Waals surface area contributed by atoms with Crippen molar-refractivity contribution in [1.29, 1.82) is 0 Å². The highest BCUT2D eigenvalue weighted by Gasteiger charge is 2.17. The number of hydrogen-bond acceptors (Lipinski definition) is 3. The molecule has 3 heterocycles. The Kier molecular flexibility index (Phi) is 3.78. The molecule has 0 saturated carbocycles. The Morgan fingerprint density at radius 3 is 2.58 bits per heavy atom. The molecule has 0 bridgehead atoms. The van der Waals surface area contributed by atoms with Gasteiger partial charge in [-0.15, -0.1) is 11.8 Å². The van der Waals surface area contributed by atoms with Gasteiger partial charge in [-0.25, -0.2) is 13.9 Å². The van der Waals surface area contributed by atoms with Crippen LogP contribution in [0.25, 0.3) is 28.0 Å². The van der Waals surface area contributed by atoms with Gasteiger partial charge in [-0.05, 0) is 48.2 Å². The Labute approximate surface area is 143 Å². The van der Waals surface area contributed by atoms with E-state index < -0.39 is 0 Å². The fourth-order valence-electron chi connectivity index (χ4n) is 2.74. The Bertz CT molecular complexity index is 1010. The molecule has 24 heavy (non-hydrogen) atoms. The van der Waals surface area contributed by atoms with Gasteiger partial charge in [0.05, 0.1) is 16.2 Å². The lowest BCUT2D eigenvalue weighted by Crippen LogP contribution is -1.89. The summed E-state index contributed by atoms with van der Waals surface area (Å²) in [5.41, 5.74) is 4.45. The molecule has 0 amide bonds. The van der Waals surface area contributed by atoms with E-state index in [2.05, 4.69) is 4.98 Å². The second kappa shape index (κ2) is 6.09. The second-order valence-electron chi connectivity index (χ2n) is 5.33. The van der Waals surface area contributed by atoms with Crippen LogP contribution in [0.3, 0.4) is 0 Å². The van der Waals surface area contributed by atoms with Gasteiger partial charge in [0.1, 0.15) is 11.5 Å². The number of fused-ring (bicyclic) bond motifs is 1. The fraction of sp³-hybridized carbons (Fsp3) is 0.0526. The van der Waals surface area contributed by atoms with Crippen LogP contribution in [0.1, 0.15) is 0 Å². The predicted octanol–water partition coefficient (Wildman–Crippen LogP) is 4.92. The van der Waals surface area contributed by atoms with Crippen LogP contribution in [0.2, 0.25) is 0 Å². The minimum Gasteiger partial charge on any atom is -0.240 e. The molecule has 0 radical (unpaired) electrons. The van der Waals surface area contributed by atoms with Crippen molar-refractivity contribution in [3.63, 3.8) is 0 Å². The summed E-state index contributed by atoms with van der Waals surface area (Å²) in [7, 11) is 0. The number of aromatic nitrogens is 3. The maximum absolute atomic E-state index is 13.3. The zero-order valence-corrected chi connectivity index (χ0v) is 13.8. The number of hydrogen-bond donors (Lipinski definition) is 0. The average Bonchev–Trinajstić information content (AvgIpc) is 3.02. The van der Waals surface area contributed by atoms with Crippen molar-refractivity contribution >= 4 is 17.3 Å². The largest absolute Gasteiger partial charge is 0.240 e. The van der Waals surface area contributed by atoms with E-state index in [1.165, 1.54) is 12.1 Å². The summed E-state index contributed by atoms with van der Waals surface area (Å²) in [5, 5.41) is 5.65. The number of pyridine rings is 2. The lowest BCUT2D eigenvalue weighted by molar-refractivity contribution is 0.628. The molecule has 3 aromatic heterocycles. The van der Waals surface area contributed by atoms with E-state index in [0.29, 0.717) is 0 Å². The van der Waals surface area contributed by atoms with Gasteiger partial charge in [-0.3, -0.25) is 0 Å². The van der Waals surface area contributed by atoms with Gasteiger partial charge in [0.25, 0.3) is 0 Å². The van der Waals surface area contributed by atoms with Gasteiger partial charge in [-0.1, -0.05) is 24.3 Å². The molecule has 0 saturated heterocycles. The third-order valence-electron chi connectivity index (χ3n) is 3.85.